The second kappa shape index (κ2) is 6.29. The number of hydrogen-bond donors (Lipinski definition) is 0. The Morgan fingerprint density at radius 3 is 2.78 bits per heavy atom. The van der Waals surface area contributed by atoms with Crippen molar-refractivity contribution >= 4 is 27.1 Å². The van der Waals surface area contributed by atoms with E-state index in [1.54, 1.807) is 12.3 Å². The summed E-state index contributed by atoms with van der Waals surface area (Å²) in [6.45, 7) is 3.62. The largest absolute Gasteiger partial charge is 0.407 e. The summed E-state index contributed by atoms with van der Waals surface area (Å²) < 4.78 is 27.1. The third-order valence-corrected chi connectivity index (χ3v) is 4.38. The van der Waals surface area contributed by atoms with E-state index in [1.807, 2.05) is 6.92 Å². The highest BCUT2D eigenvalue weighted by Crippen LogP contribution is 2.26. The van der Waals surface area contributed by atoms with Gasteiger partial charge in [-0.2, -0.15) is 0 Å². The van der Waals surface area contributed by atoms with Crippen LogP contribution in [0.15, 0.2) is 5.38 Å². The Bertz CT molecular complexity index is 507. The van der Waals surface area contributed by atoms with Crippen LogP contribution in [0.1, 0.15) is 37.6 Å². The molecule has 102 valence electrons. The fourth-order valence-electron chi connectivity index (χ4n) is 1.25. The van der Waals surface area contributed by atoms with E-state index in [0.717, 1.165) is 5.01 Å². The quantitative estimate of drug-likeness (QED) is 0.749. The maximum Gasteiger partial charge on any atom is 0.312 e. The first-order valence-electron chi connectivity index (χ1n) is 5.65. The fraction of sp³-hybridized carbons (Fsp3) is 0.636. The third-order valence-electron chi connectivity index (χ3n) is 2.35. The first kappa shape index (κ1) is 15.1. The molecule has 0 bridgehead atoms. The van der Waals surface area contributed by atoms with E-state index in [-0.39, 0.29) is 17.6 Å². The van der Waals surface area contributed by atoms with Crippen molar-refractivity contribution in [2.45, 2.75) is 32.6 Å². The molecule has 5 nitrogen and oxygen atoms in total. The molecule has 1 aromatic heterocycles. The van der Waals surface area contributed by atoms with Gasteiger partial charge in [0, 0.05) is 18.6 Å². The molecule has 0 amide bonds. The van der Waals surface area contributed by atoms with Crippen LogP contribution in [0, 0.1) is 0 Å². The van der Waals surface area contributed by atoms with Gasteiger partial charge in [0.1, 0.15) is 9.84 Å². The van der Waals surface area contributed by atoms with E-state index < -0.39 is 9.84 Å². The molecule has 1 aromatic rings. The van der Waals surface area contributed by atoms with Crippen molar-refractivity contribution in [2.75, 3.05) is 12.0 Å². The molecule has 0 N–H and O–H groups in total. The molecule has 1 atom stereocenters. The SMILES string of the molecule is CCC(=O)Oc1csc(C(C)CCS(C)(=O)=O)n1. The summed E-state index contributed by atoms with van der Waals surface area (Å²) in [5.41, 5.74) is 0. The minimum Gasteiger partial charge on any atom is -0.407 e. The molecule has 0 aliphatic carbocycles. The van der Waals surface area contributed by atoms with Crippen LogP contribution in [0.4, 0.5) is 0 Å². The Labute approximate surface area is 111 Å². The number of rotatable bonds is 6. The van der Waals surface area contributed by atoms with Crippen LogP contribution in [0.3, 0.4) is 0 Å². The number of thiazole rings is 1. The predicted octanol–water partition coefficient (Wildman–Crippen LogP) is 2.00. The molecule has 1 unspecified atom stereocenters. The van der Waals surface area contributed by atoms with Gasteiger partial charge in [-0.05, 0) is 6.42 Å². The maximum absolute atomic E-state index is 11.1. The topological polar surface area (TPSA) is 73.3 Å². The number of carbonyl (C=O) groups is 1. The molecule has 1 rings (SSSR count). The molecule has 0 spiro atoms. The van der Waals surface area contributed by atoms with E-state index in [0.29, 0.717) is 18.7 Å². The number of hydrogen-bond acceptors (Lipinski definition) is 6. The Morgan fingerprint density at radius 1 is 1.56 bits per heavy atom. The van der Waals surface area contributed by atoms with E-state index in [2.05, 4.69) is 4.98 Å². The first-order valence-corrected chi connectivity index (χ1v) is 8.59. The van der Waals surface area contributed by atoms with E-state index in [1.165, 1.54) is 17.6 Å². The molecule has 1 heterocycles. The van der Waals surface area contributed by atoms with Crippen LogP contribution < -0.4 is 4.74 Å². The normalized spacial score (nSPS) is 13.3. The molecule has 0 saturated heterocycles. The van der Waals surface area contributed by atoms with Gasteiger partial charge in [0.2, 0.25) is 5.88 Å². The average Bonchev–Trinajstić information content (AvgIpc) is 2.73. The highest BCUT2D eigenvalue weighted by atomic mass is 32.2. The number of aromatic nitrogens is 1. The van der Waals surface area contributed by atoms with Gasteiger partial charge in [-0.3, -0.25) is 4.79 Å². The monoisotopic (exact) mass is 291 g/mol. The summed E-state index contributed by atoms with van der Waals surface area (Å²) in [5.74, 6) is 0.153. The van der Waals surface area contributed by atoms with Gasteiger partial charge in [0.05, 0.1) is 16.1 Å². The summed E-state index contributed by atoms with van der Waals surface area (Å²) in [4.78, 5) is 15.3. The predicted molar refractivity (Wildman–Crippen MR) is 70.8 cm³/mol. The number of nitrogens with zero attached hydrogens (tertiary/aromatic N) is 1. The number of carbonyl (C=O) groups excluding carboxylic acids is 1. The molecule has 0 radical (unpaired) electrons. The zero-order valence-corrected chi connectivity index (χ0v) is 12.3. The summed E-state index contributed by atoms with van der Waals surface area (Å²) in [6.07, 6.45) is 2.04. The minimum atomic E-state index is -2.95. The number of sulfone groups is 1. The molecule has 0 saturated carbocycles. The van der Waals surface area contributed by atoms with E-state index in [4.69, 9.17) is 4.74 Å². The van der Waals surface area contributed by atoms with Crippen molar-refractivity contribution in [1.82, 2.24) is 4.98 Å². The van der Waals surface area contributed by atoms with Crippen LogP contribution in [-0.4, -0.2) is 31.4 Å². The van der Waals surface area contributed by atoms with Crippen molar-refractivity contribution in [3.05, 3.63) is 10.4 Å². The van der Waals surface area contributed by atoms with Crippen molar-refractivity contribution in [3.63, 3.8) is 0 Å². The Morgan fingerprint density at radius 2 is 2.22 bits per heavy atom. The summed E-state index contributed by atoms with van der Waals surface area (Å²) >= 11 is 1.38. The smallest absolute Gasteiger partial charge is 0.312 e. The lowest BCUT2D eigenvalue weighted by atomic mass is 10.1. The standard InChI is InChI=1S/C11H17NO4S2/c1-4-10(13)16-9-7-17-11(12-9)8(2)5-6-18(3,14)15/h7-8H,4-6H2,1-3H3. The zero-order chi connectivity index (χ0) is 13.8. The molecule has 0 aliphatic rings. The van der Waals surface area contributed by atoms with E-state index >= 15 is 0 Å². The highest BCUT2D eigenvalue weighted by Gasteiger charge is 2.15. The minimum absolute atomic E-state index is 0.0406. The van der Waals surface area contributed by atoms with Crippen LogP contribution in [-0.2, 0) is 14.6 Å². The van der Waals surface area contributed by atoms with Gasteiger partial charge < -0.3 is 4.74 Å². The Balaban J connectivity index is 2.59. The van der Waals surface area contributed by atoms with Crippen LogP contribution in [0.5, 0.6) is 5.88 Å². The number of ether oxygens (including phenoxy) is 1. The van der Waals surface area contributed by atoms with Crippen LogP contribution >= 0.6 is 11.3 Å². The van der Waals surface area contributed by atoms with Crippen molar-refractivity contribution in [3.8, 4) is 5.88 Å². The second-order valence-electron chi connectivity index (χ2n) is 4.17. The number of esters is 1. The van der Waals surface area contributed by atoms with Crippen molar-refractivity contribution in [2.24, 2.45) is 0 Å². The highest BCUT2D eigenvalue weighted by molar-refractivity contribution is 7.90. The molecular weight excluding hydrogens is 274 g/mol. The molecule has 0 aromatic carbocycles. The summed E-state index contributed by atoms with van der Waals surface area (Å²) in [7, 11) is -2.95. The van der Waals surface area contributed by atoms with Gasteiger partial charge in [-0.15, -0.1) is 11.3 Å². The molecule has 18 heavy (non-hydrogen) atoms. The van der Waals surface area contributed by atoms with Crippen LogP contribution in [0.2, 0.25) is 0 Å². The molecule has 0 fully saturated rings. The third kappa shape index (κ3) is 5.14. The van der Waals surface area contributed by atoms with Crippen molar-refractivity contribution in [1.29, 1.82) is 0 Å². The van der Waals surface area contributed by atoms with Crippen LogP contribution in [0.25, 0.3) is 0 Å². The first-order chi connectivity index (χ1) is 8.31. The Hall–Kier alpha value is -0.950. The van der Waals surface area contributed by atoms with Crippen molar-refractivity contribution < 1.29 is 17.9 Å². The Kier molecular flexibility index (Phi) is 5.28. The zero-order valence-electron chi connectivity index (χ0n) is 10.7. The lowest BCUT2D eigenvalue weighted by Gasteiger charge is -2.06. The van der Waals surface area contributed by atoms with Gasteiger partial charge in [-0.1, -0.05) is 13.8 Å². The fourth-order valence-corrected chi connectivity index (χ4v) is 2.85. The van der Waals surface area contributed by atoms with Gasteiger partial charge in [0.15, 0.2) is 0 Å². The van der Waals surface area contributed by atoms with E-state index in [9.17, 15) is 13.2 Å². The van der Waals surface area contributed by atoms with Gasteiger partial charge >= 0.3 is 5.97 Å². The summed E-state index contributed by atoms with van der Waals surface area (Å²) in [5, 5.41) is 2.46. The lowest BCUT2D eigenvalue weighted by Crippen LogP contribution is -2.07. The molecule has 7 heteroatoms. The molecule has 0 aliphatic heterocycles. The molecular formula is C11H17NO4S2. The maximum atomic E-state index is 11.1. The lowest BCUT2D eigenvalue weighted by molar-refractivity contribution is -0.134. The van der Waals surface area contributed by atoms with Gasteiger partial charge in [0.25, 0.3) is 0 Å². The second-order valence-corrected chi connectivity index (χ2v) is 7.32. The van der Waals surface area contributed by atoms with Gasteiger partial charge in [-0.25, -0.2) is 13.4 Å². The summed E-state index contributed by atoms with van der Waals surface area (Å²) in [6, 6.07) is 0. The average molecular weight is 291 g/mol.